The lowest BCUT2D eigenvalue weighted by molar-refractivity contribution is -0.116. The number of guanidine groups is 1. The second-order valence-corrected chi connectivity index (χ2v) is 5.59. The molecule has 0 atom stereocenters. The molecule has 0 saturated carbocycles. The minimum Gasteiger partial charge on any atom is -0.370 e. The molecular formula is C15H23BrN4O. The number of amides is 1. The standard InChI is InChI=1S/C15H23BrN4O/c1-4-20(5-2)15(17)18-9-8-14(21)19-13-10-12(16)7-6-11(13)3/h6-7,10H,4-5,8-9H2,1-3H3,(H2,17,18)(H,19,21). The summed E-state index contributed by atoms with van der Waals surface area (Å²) in [7, 11) is 0. The van der Waals surface area contributed by atoms with Gasteiger partial charge >= 0.3 is 0 Å². The molecule has 1 amide bonds. The van der Waals surface area contributed by atoms with Crippen LogP contribution in [0.3, 0.4) is 0 Å². The number of rotatable bonds is 6. The van der Waals surface area contributed by atoms with Gasteiger partial charge in [-0.05, 0) is 38.5 Å². The third-order valence-electron chi connectivity index (χ3n) is 3.17. The van der Waals surface area contributed by atoms with Gasteiger partial charge in [-0.25, -0.2) is 0 Å². The topological polar surface area (TPSA) is 70.7 Å². The lowest BCUT2D eigenvalue weighted by atomic mass is 10.2. The van der Waals surface area contributed by atoms with Gasteiger partial charge in [-0.1, -0.05) is 22.0 Å². The second kappa shape index (κ2) is 8.67. The third-order valence-corrected chi connectivity index (χ3v) is 3.67. The highest BCUT2D eigenvalue weighted by Crippen LogP contribution is 2.20. The predicted molar refractivity (Wildman–Crippen MR) is 91.5 cm³/mol. The first kappa shape index (κ1) is 17.5. The summed E-state index contributed by atoms with van der Waals surface area (Å²) >= 11 is 3.39. The first-order valence-electron chi connectivity index (χ1n) is 7.08. The molecule has 1 aromatic carbocycles. The van der Waals surface area contributed by atoms with Crippen molar-refractivity contribution in [2.24, 2.45) is 10.7 Å². The predicted octanol–water partition coefficient (Wildman–Crippen LogP) is 2.74. The number of benzene rings is 1. The van der Waals surface area contributed by atoms with Crippen LogP contribution in [-0.4, -0.2) is 36.4 Å². The smallest absolute Gasteiger partial charge is 0.226 e. The molecule has 21 heavy (non-hydrogen) atoms. The monoisotopic (exact) mass is 354 g/mol. The zero-order valence-corrected chi connectivity index (χ0v) is 14.4. The molecule has 0 unspecified atom stereocenters. The van der Waals surface area contributed by atoms with E-state index in [-0.39, 0.29) is 5.91 Å². The summed E-state index contributed by atoms with van der Waals surface area (Å²) in [6.07, 6.45) is 0.313. The average molecular weight is 355 g/mol. The van der Waals surface area contributed by atoms with Crippen LogP contribution in [0, 0.1) is 6.92 Å². The summed E-state index contributed by atoms with van der Waals surface area (Å²) in [5, 5.41) is 2.89. The highest BCUT2D eigenvalue weighted by atomic mass is 79.9. The van der Waals surface area contributed by atoms with E-state index >= 15 is 0 Å². The Morgan fingerprint density at radius 2 is 2.05 bits per heavy atom. The quantitative estimate of drug-likeness (QED) is 0.609. The van der Waals surface area contributed by atoms with Gasteiger partial charge in [0.2, 0.25) is 5.91 Å². The fraction of sp³-hybridized carbons (Fsp3) is 0.467. The first-order valence-corrected chi connectivity index (χ1v) is 7.88. The van der Waals surface area contributed by atoms with Crippen LogP contribution >= 0.6 is 15.9 Å². The van der Waals surface area contributed by atoms with Crippen molar-refractivity contribution in [3.8, 4) is 0 Å². The lowest BCUT2D eigenvalue weighted by Crippen LogP contribution is -2.37. The molecule has 1 aromatic rings. The molecule has 116 valence electrons. The van der Waals surface area contributed by atoms with Crippen molar-refractivity contribution in [1.82, 2.24) is 4.90 Å². The largest absolute Gasteiger partial charge is 0.370 e. The Balaban J connectivity index is 2.51. The molecular weight excluding hydrogens is 332 g/mol. The maximum Gasteiger partial charge on any atom is 0.226 e. The van der Waals surface area contributed by atoms with Crippen LogP contribution in [0.15, 0.2) is 27.7 Å². The van der Waals surface area contributed by atoms with E-state index in [1.165, 1.54) is 0 Å². The number of aryl methyl sites for hydroxylation is 1. The molecule has 5 nitrogen and oxygen atoms in total. The molecule has 0 aliphatic carbocycles. The molecule has 0 aliphatic rings. The van der Waals surface area contributed by atoms with Gasteiger partial charge in [-0.15, -0.1) is 0 Å². The van der Waals surface area contributed by atoms with E-state index in [0.29, 0.717) is 18.9 Å². The zero-order valence-electron chi connectivity index (χ0n) is 12.8. The van der Waals surface area contributed by atoms with Crippen LogP contribution in [0.2, 0.25) is 0 Å². The van der Waals surface area contributed by atoms with Crippen LogP contribution < -0.4 is 11.1 Å². The average Bonchev–Trinajstić information content (AvgIpc) is 2.44. The van der Waals surface area contributed by atoms with Crippen LogP contribution in [0.25, 0.3) is 0 Å². The van der Waals surface area contributed by atoms with E-state index in [1.807, 2.05) is 43.9 Å². The SMILES string of the molecule is CCN(CC)C(N)=NCCC(=O)Nc1cc(Br)ccc1C. The van der Waals surface area contributed by atoms with E-state index in [1.54, 1.807) is 0 Å². The van der Waals surface area contributed by atoms with E-state index in [4.69, 9.17) is 5.73 Å². The molecule has 0 spiro atoms. The van der Waals surface area contributed by atoms with E-state index < -0.39 is 0 Å². The molecule has 0 aliphatic heterocycles. The van der Waals surface area contributed by atoms with Gasteiger partial charge in [0.1, 0.15) is 0 Å². The number of hydrogen-bond donors (Lipinski definition) is 2. The van der Waals surface area contributed by atoms with Gasteiger partial charge in [0.05, 0.1) is 6.54 Å². The van der Waals surface area contributed by atoms with Crippen LogP contribution in [0.1, 0.15) is 25.8 Å². The van der Waals surface area contributed by atoms with Gasteiger partial charge in [0, 0.05) is 29.7 Å². The van der Waals surface area contributed by atoms with Crippen molar-refractivity contribution in [3.05, 3.63) is 28.2 Å². The minimum absolute atomic E-state index is 0.0627. The Labute approximate surface area is 134 Å². The van der Waals surface area contributed by atoms with Gasteiger partial charge < -0.3 is 16.0 Å². The molecule has 0 aromatic heterocycles. The maximum absolute atomic E-state index is 11.9. The van der Waals surface area contributed by atoms with Crippen molar-refractivity contribution < 1.29 is 4.79 Å². The Morgan fingerprint density at radius 3 is 2.67 bits per heavy atom. The zero-order chi connectivity index (χ0) is 15.8. The number of carbonyl (C=O) groups excluding carboxylic acids is 1. The minimum atomic E-state index is -0.0627. The van der Waals surface area contributed by atoms with Crippen molar-refractivity contribution in [3.63, 3.8) is 0 Å². The molecule has 1 rings (SSSR count). The van der Waals surface area contributed by atoms with Crippen LogP contribution in [0.4, 0.5) is 5.69 Å². The van der Waals surface area contributed by atoms with Crippen molar-refractivity contribution in [2.45, 2.75) is 27.2 Å². The molecule has 6 heteroatoms. The number of anilines is 1. The molecule has 0 bridgehead atoms. The number of carbonyl (C=O) groups is 1. The highest BCUT2D eigenvalue weighted by molar-refractivity contribution is 9.10. The van der Waals surface area contributed by atoms with Gasteiger partial charge in [0.25, 0.3) is 0 Å². The summed E-state index contributed by atoms with van der Waals surface area (Å²) in [5.41, 5.74) is 7.70. The van der Waals surface area contributed by atoms with E-state index in [0.717, 1.165) is 28.8 Å². The Morgan fingerprint density at radius 1 is 1.38 bits per heavy atom. The number of nitrogens with zero attached hydrogens (tertiary/aromatic N) is 2. The number of nitrogens with two attached hydrogens (primary N) is 1. The summed E-state index contributed by atoms with van der Waals surface area (Å²) < 4.78 is 0.937. The van der Waals surface area contributed by atoms with Crippen molar-refractivity contribution >= 4 is 33.5 Å². The number of nitrogens with one attached hydrogen (secondary N) is 1. The molecule has 0 saturated heterocycles. The molecule has 0 radical (unpaired) electrons. The Bertz CT molecular complexity index is 512. The molecule has 0 fully saturated rings. The van der Waals surface area contributed by atoms with Crippen LogP contribution in [0.5, 0.6) is 0 Å². The Kier molecular flexibility index (Phi) is 7.22. The highest BCUT2D eigenvalue weighted by Gasteiger charge is 2.06. The summed E-state index contributed by atoms with van der Waals surface area (Å²) in [4.78, 5) is 18.1. The van der Waals surface area contributed by atoms with E-state index in [2.05, 4.69) is 26.2 Å². The maximum atomic E-state index is 11.9. The van der Waals surface area contributed by atoms with Gasteiger partial charge in [0.15, 0.2) is 5.96 Å². The lowest BCUT2D eigenvalue weighted by Gasteiger charge is -2.19. The second-order valence-electron chi connectivity index (χ2n) is 4.67. The molecule has 0 heterocycles. The van der Waals surface area contributed by atoms with E-state index in [9.17, 15) is 4.79 Å². The number of halogens is 1. The molecule has 3 N–H and O–H groups in total. The number of hydrogen-bond acceptors (Lipinski definition) is 2. The van der Waals surface area contributed by atoms with Gasteiger partial charge in [-0.3, -0.25) is 9.79 Å². The third kappa shape index (κ3) is 5.75. The van der Waals surface area contributed by atoms with Crippen molar-refractivity contribution in [2.75, 3.05) is 25.0 Å². The first-order chi connectivity index (χ1) is 9.97. The normalized spacial score (nSPS) is 11.3. The summed E-state index contributed by atoms with van der Waals surface area (Å²) in [5.74, 6) is 0.429. The number of aliphatic imine (C=N–C) groups is 1. The van der Waals surface area contributed by atoms with Crippen molar-refractivity contribution in [1.29, 1.82) is 0 Å². The van der Waals surface area contributed by atoms with Gasteiger partial charge in [-0.2, -0.15) is 0 Å². The fourth-order valence-electron chi connectivity index (χ4n) is 1.86. The summed E-state index contributed by atoms with van der Waals surface area (Å²) in [6, 6.07) is 5.79. The fourth-order valence-corrected chi connectivity index (χ4v) is 2.22. The Hall–Kier alpha value is -1.56. The van der Waals surface area contributed by atoms with Crippen LogP contribution in [-0.2, 0) is 4.79 Å². The summed E-state index contributed by atoms with van der Waals surface area (Å²) in [6.45, 7) is 8.02.